The predicted molar refractivity (Wildman–Crippen MR) is 73.0 cm³/mol. The summed E-state index contributed by atoms with van der Waals surface area (Å²) in [6.07, 6.45) is 7.84. The maximum absolute atomic E-state index is 11.5. The maximum atomic E-state index is 11.5. The molecule has 2 aliphatic rings. The highest BCUT2D eigenvalue weighted by atomic mass is 16.1. The molecule has 2 fully saturated rings. The number of hydrogen-bond donors (Lipinski definition) is 2. The molecule has 0 spiro atoms. The van der Waals surface area contributed by atoms with E-state index in [1.165, 1.54) is 25.8 Å². The first-order valence-corrected chi connectivity index (χ1v) is 7.37. The van der Waals surface area contributed by atoms with Gasteiger partial charge in [0, 0.05) is 6.04 Å². The lowest BCUT2D eigenvalue weighted by Gasteiger charge is -2.35. The van der Waals surface area contributed by atoms with Gasteiger partial charge in [-0.05, 0) is 58.0 Å². The lowest BCUT2D eigenvalue weighted by molar-refractivity contribution is -0.124. The quantitative estimate of drug-likeness (QED) is 0.791. The van der Waals surface area contributed by atoms with Gasteiger partial charge in [0.1, 0.15) is 0 Å². The van der Waals surface area contributed by atoms with Crippen molar-refractivity contribution in [1.82, 2.24) is 4.90 Å². The summed E-state index contributed by atoms with van der Waals surface area (Å²) >= 11 is 0. The highest BCUT2D eigenvalue weighted by molar-refractivity contribution is 5.85. The van der Waals surface area contributed by atoms with E-state index in [1.54, 1.807) is 0 Å². The standard InChI is InChI=1S/C14H27N3O/c1-11-5-2-3-9-17(11)10-7-12-6-4-8-14(12,16)13(15)18/h11-12H,2-10,16H2,1H3,(H2,15,18). The third-order valence-electron chi connectivity index (χ3n) is 5.04. The Bertz CT molecular complexity index is 307. The first-order valence-electron chi connectivity index (χ1n) is 7.37. The van der Waals surface area contributed by atoms with E-state index < -0.39 is 5.54 Å². The number of nitrogens with zero attached hydrogens (tertiary/aromatic N) is 1. The number of hydrogen-bond acceptors (Lipinski definition) is 3. The van der Waals surface area contributed by atoms with Crippen molar-refractivity contribution >= 4 is 5.91 Å². The Hall–Kier alpha value is -0.610. The van der Waals surface area contributed by atoms with Gasteiger partial charge in [-0.2, -0.15) is 0 Å². The van der Waals surface area contributed by atoms with Gasteiger partial charge in [-0.15, -0.1) is 0 Å². The Morgan fingerprint density at radius 2 is 2.11 bits per heavy atom. The summed E-state index contributed by atoms with van der Waals surface area (Å²) in [6, 6.07) is 0.681. The van der Waals surface area contributed by atoms with E-state index in [9.17, 15) is 4.79 Å². The van der Waals surface area contributed by atoms with Crippen LogP contribution >= 0.6 is 0 Å². The van der Waals surface area contributed by atoms with Crippen LogP contribution < -0.4 is 11.5 Å². The van der Waals surface area contributed by atoms with E-state index in [2.05, 4.69) is 11.8 Å². The monoisotopic (exact) mass is 253 g/mol. The fourth-order valence-electron chi connectivity index (χ4n) is 3.64. The summed E-state index contributed by atoms with van der Waals surface area (Å²) in [5.74, 6) is -0.0270. The smallest absolute Gasteiger partial charge is 0.237 e. The molecule has 104 valence electrons. The van der Waals surface area contributed by atoms with Gasteiger partial charge < -0.3 is 16.4 Å². The van der Waals surface area contributed by atoms with Crippen molar-refractivity contribution in [3.8, 4) is 0 Å². The van der Waals surface area contributed by atoms with Gasteiger partial charge in [-0.25, -0.2) is 0 Å². The van der Waals surface area contributed by atoms with Gasteiger partial charge in [0.05, 0.1) is 5.54 Å². The van der Waals surface area contributed by atoms with E-state index >= 15 is 0 Å². The van der Waals surface area contributed by atoms with E-state index in [-0.39, 0.29) is 11.8 Å². The van der Waals surface area contributed by atoms with Crippen molar-refractivity contribution < 1.29 is 4.79 Å². The Balaban J connectivity index is 1.87. The molecule has 1 heterocycles. The van der Waals surface area contributed by atoms with E-state index in [4.69, 9.17) is 11.5 Å². The normalized spacial score (nSPS) is 37.9. The van der Waals surface area contributed by atoms with Crippen LogP contribution in [0, 0.1) is 5.92 Å². The molecule has 4 N–H and O–H groups in total. The summed E-state index contributed by atoms with van der Waals surface area (Å²) in [5, 5.41) is 0. The number of primary amides is 1. The van der Waals surface area contributed by atoms with Gasteiger partial charge in [0.25, 0.3) is 0 Å². The Morgan fingerprint density at radius 1 is 1.33 bits per heavy atom. The predicted octanol–water partition coefficient (Wildman–Crippen LogP) is 1.23. The minimum Gasteiger partial charge on any atom is -0.368 e. The molecule has 1 aliphatic heterocycles. The van der Waals surface area contributed by atoms with Gasteiger partial charge in [0.2, 0.25) is 5.91 Å². The molecule has 3 atom stereocenters. The number of rotatable bonds is 4. The molecule has 18 heavy (non-hydrogen) atoms. The van der Waals surface area contributed by atoms with Gasteiger partial charge in [0.15, 0.2) is 0 Å². The number of piperidine rings is 1. The van der Waals surface area contributed by atoms with Crippen LogP contribution in [0.5, 0.6) is 0 Å². The van der Waals surface area contributed by atoms with Gasteiger partial charge >= 0.3 is 0 Å². The SMILES string of the molecule is CC1CCCCN1CCC1CCCC1(N)C(N)=O. The average Bonchev–Trinajstić information content (AvgIpc) is 2.71. The molecular formula is C14H27N3O. The van der Waals surface area contributed by atoms with Crippen molar-refractivity contribution in [2.24, 2.45) is 17.4 Å². The van der Waals surface area contributed by atoms with Crippen LogP contribution in [0.15, 0.2) is 0 Å². The summed E-state index contributed by atoms with van der Waals surface area (Å²) in [7, 11) is 0. The molecule has 0 aromatic rings. The molecule has 0 radical (unpaired) electrons. The van der Waals surface area contributed by atoms with Gasteiger partial charge in [-0.3, -0.25) is 4.79 Å². The third-order valence-corrected chi connectivity index (χ3v) is 5.04. The molecule has 4 heteroatoms. The zero-order valence-corrected chi connectivity index (χ0v) is 11.5. The van der Waals surface area contributed by atoms with Crippen LogP contribution in [0.4, 0.5) is 0 Å². The minimum atomic E-state index is -0.737. The second-order valence-electron chi connectivity index (χ2n) is 6.16. The molecule has 0 bridgehead atoms. The molecule has 3 unspecified atom stereocenters. The van der Waals surface area contributed by atoms with Crippen LogP contribution in [0.2, 0.25) is 0 Å². The van der Waals surface area contributed by atoms with Crippen molar-refractivity contribution in [3.05, 3.63) is 0 Å². The first-order chi connectivity index (χ1) is 8.54. The summed E-state index contributed by atoms with van der Waals surface area (Å²) in [5.41, 5.74) is 10.9. The first kappa shape index (κ1) is 13.8. The molecule has 0 aromatic carbocycles. The number of likely N-dealkylation sites (tertiary alicyclic amines) is 1. The summed E-state index contributed by atoms with van der Waals surface area (Å²) in [4.78, 5) is 14.1. The zero-order valence-electron chi connectivity index (χ0n) is 11.5. The number of nitrogens with two attached hydrogens (primary N) is 2. The van der Waals surface area contributed by atoms with Crippen molar-refractivity contribution in [2.75, 3.05) is 13.1 Å². The second kappa shape index (κ2) is 5.57. The Kier molecular flexibility index (Phi) is 4.28. The van der Waals surface area contributed by atoms with Crippen LogP contribution in [0.1, 0.15) is 51.9 Å². The van der Waals surface area contributed by atoms with E-state index in [1.807, 2.05) is 0 Å². The fraction of sp³-hybridized carbons (Fsp3) is 0.929. The summed E-state index contributed by atoms with van der Waals surface area (Å²) in [6.45, 7) is 4.57. The number of carbonyl (C=O) groups excluding carboxylic acids is 1. The average molecular weight is 253 g/mol. The largest absolute Gasteiger partial charge is 0.368 e. The topological polar surface area (TPSA) is 72.3 Å². The van der Waals surface area contributed by atoms with Crippen molar-refractivity contribution in [1.29, 1.82) is 0 Å². The molecule has 4 nitrogen and oxygen atoms in total. The van der Waals surface area contributed by atoms with Crippen molar-refractivity contribution in [3.63, 3.8) is 0 Å². The van der Waals surface area contributed by atoms with E-state index in [0.717, 1.165) is 32.2 Å². The Labute approximate surface area is 110 Å². The fourth-order valence-corrected chi connectivity index (χ4v) is 3.64. The maximum Gasteiger partial charge on any atom is 0.237 e. The third kappa shape index (κ3) is 2.69. The van der Waals surface area contributed by atoms with Crippen LogP contribution in [0.3, 0.4) is 0 Å². The molecular weight excluding hydrogens is 226 g/mol. The number of carbonyl (C=O) groups is 1. The molecule has 1 amide bonds. The summed E-state index contributed by atoms with van der Waals surface area (Å²) < 4.78 is 0. The van der Waals surface area contributed by atoms with Crippen molar-refractivity contribution in [2.45, 2.75) is 63.5 Å². The highest BCUT2D eigenvalue weighted by Gasteiger charge is 2.44. The second-order valence-corrected chi connectivity index (χ2v) is 6.16. The van der Waals surface area contributed by atoms with Crippen LogP contribution in [0.25, 0.3) is 0 Å². The van der Waals surface area contributed by atoms with Gasteiger partial charge in [-0.1, -0.05) is 12.8 Å². The minimum absolute atomic E-state index is 0.282. The molecule has 1 saturated heterocycles. The molecule has 1 saturated carbocycles. The lowest BCUT2D eigenvalue weighted by Crippen LogP contribution is -2.55. The molecule has 0 aromatic heterocycles. The molecule has 1 aliphatic carbocycles. The number of amides is 1. The highest BCUT2D eigenvalue weighted by Crippen LogP contribution is 2.36. The molecule has 2 rings (SSSR count). The van der Waals surface area contributed by atoms with Crippen LogP contribution in [-0.2, 0) is 4.79 Å². The lowest BCUT2D eigenvalue weighted by atomic mass is 9.84. The van der Waals surface area contributed by atoms with E-state index in [0.29, 0.717) is 6.04 Å². The van der Waals surface area contributed by atoms with Crippen LogP contribution in [-0.4, -0.2) is 35.5 Å². The Morgan fingerprint density at radius 3 is 2.78 bits per heavy atom. The zero-order chi connectivity index (χ0) is 13.2.